The lowest BCUT2D eigenvalue weighted by Gasteiger charge is -2.23. The third kappa shape index (κ3) is 5.35. The molecule has 0 saturated carbocycles. The molecule has 2 aromatic carbocycles. The summed E-state index contributed by atoms with van der Waals surface area (Å²) in [6.07, 6.45) is 1.09. The van der Waals surface area contributed by atoms with Crippen molar-refractivity contribution in [2.45, 2.75) is 19.4 Å². The number of nitrogens with zero attached hydrogens (tertiary/aromatic N) is 1. The van der Waals surface area contributed by atoms with Crippen LogP contribution in [0.4, 0.5) is 0 Å². The van der Waals surface area contributed by atoms with E-state index in [1.807, 2.05) is 53.4 Å². The summed E-state index contributed by atoms with van der Waals surface area (Å²) >= 11 is 3.45. The minimum atomic E-state index is 0.0729. The standard InChI is InChI=1S/C19H23BrN2O2/c1-24-18-9-8-17(20)12-16(18)13-19(23)22(11-5-10-21)14-15-6-3-2-4-7-15/h2-4,6-9,12H,5,10-11,13-14,21H2,1H3. The van der Waals surface area contributed by atoms with E-state index >= 15 is 0 Å². The number of carbonyl (C=O) groups excluding carboxylic acids is 1. The van der Waals surface area contributed by atoms with Crippen LogP contribution in [0.2, 0.25) is 0 Å². The van der Waals surface area contributed by atoms with Crippen molar-refractivity contribution in [3.8, 4) is 5.75 Å². The fraction of sp³-hybridized carbons (Fsp3) is 0.316. The summed E-state index contributed by atoms with van der Waals surface area (Å²) in [7, 11) is 1.62. The quantitative estimate of drug-likeness (QED) is 0.751. The minimum absolute atomic E-state index is 0.0729. The Labute approximate surface area is 151 Å². The van der Waals surface area contributed by atoms with Gasteiger partial charge in [-0.3, -0.25) is 4.79 Å². The molecule has 1 amide bonds. The van der Waals surface area contributed by atoms with Gasteiger partial charge in [-0.05, 0) is 36.7 Å². The normalized spacial score (nSPS) is 10.5. The summed E-state index contributed by atoms with van der Waals surface area (Å²) in [5, 5.41) is 0. The van der Waals surface area contributed by atoms with Crippen molar-refractivity contribution in [3.63, 3.8) is 0 Å². The van der Waals surface area contributed by atoms with Crippen molar-refractivity contribution in [1.82, 2.24) is 4.90 Å². The molecule has 0 saturated heterocycles. The topological polar surface area (TPSA) is 55.6 Å². The number of nitrogens with two attached hydrogens (primary N) is 1. The molecule has 0 fully saturated rings. The molecule has 0 radical (unpaired) electrons. The average molecular weight is 391 g/mol. The lowest BCUT2D eigenvalue weighted by molar-refractivity contribution is -0.131. The third-order valence-corrected chi connectivity index (χ3v) is 4.28. The maximum absolute atomic E-state index is 12.8. The Kier molecular flexibility index (Phi) is 7.28. The Morgan fingerprint density at radius 1 is 1.21 bits per heavy atom. The molecule has 0 bridgehead atoms. The van der Waals surface area contributed by atoms with E-state index in [-0.39, 0.29) is 5.91 Å². The molecule has 5 heteroatoms. The largest absolute Gasteiger partial charge is 0.496 e. The van der Waals surface area contributed by atoms with Crippen LogP contribution in [0, 0.1) is 0 Å². The first kappa shape index (κ1) is 18.5. The molecular weight excluding hydrogens is 368 g/mol. The van der Waals surface area contributed by atoms with Crippen LogP contribution < -0.4 is 10.5 Å². The van der Waals surface area contributed by atoms with Gasteiger partial charge in [-0.25, -0.2) is 0 Å². The van der Waals surface area contributed by atoms with Crippen molar-refractivity contribution >= 4 is 21.8 Å². The smallest absolute Gasteiger partial charge is 0.227 e. The zero-order valence-corrected chi connectivity index (χ0v) is 15.5. The van der Waals surface area contributed by atoms with Crippen molar-refractivity contribution in [2.75, 3.05) is 20.2 Å². The molecule has 0 aliphatic rings. The van der Waals surface area contributed by atoms with Crippen LogP contribution >= 0.6 is 15.9 Å². The predicted octanol–water partition coefficient (Wildman–Crippen LogP) is 3.38. The van der Waals surface area contributed by atoms with Gasteiger partial charge in [0.25, 0.3) is 0 Å². The highest BCUT2D eigenvalue weighted by Crippen LogP contribution is 2.24. The van der Waals surface area contributed by atoms with Gasteiger partial charge in [0.15, 0.2) is 0 Å². The average Bonchev–Trinajstić information content (AvgIpc) is 2.59. The second kappa shape index (κ2) is 9.45. The monoisotopic (exact) mass is 390 g/mol. The lowest BCUT2D eigenvalue weighted by atomic mass is 10.1. The van der Waals surface area contributed by atoms with Crippen LogP contribution in [0.1, 0.15) is 17.5 Å². The van der Waals surface area contributed by atoms with Crippen molar-refractivity contribution in [2.24, 2.45) is 5.73 Å². The number of methoxy groups -OCH3 is 1. The van der Waals surface area contributed by atoms with Gasteiger partial charge in [0, 0.05) is 23.1 Å². The second-order valence-electron chi connectivity index (χ2n) is 5.58. The molecule has 0 unspecified atom stereocenters. The molecule has 2 rings (SSSR count). The van der Waals surface area contributed by atoms with Crippen LogP contribution in [-0.2, 0) is 17.8 Å². The van der Waals surface area contributed by atoms with Crippen LogP contribution in [0.3, 0.4) is 0 Å². The molecule has 0 aromatic heterocycles. The molecule has 4 nitrogen and oxygen atoms in total. The van der Waals surface area contributed by atoms with Crippen LogP contribution in [0.5, 0.6) is 5.75 Å². The van der Waals surface area contributed by atoms with E-state index in [2.05, 4.69) is 15.9 Å². The number of hydrogen-bond donors (Lipinski definition) is 1. The Morgan fingerprint density at radius 2 is 1.96 bits per heavy atom. The SMILES string of the molecule is COc1ccc(Br)cc1CC(=O)N(CCCN)Cc1ccccc1. The fourth-order valence-electron chi connectivity index (χ4n) is 2.54. The first-order valence-corrected chi connectivity index (χ1v) is 8.77. The van der Waals surface area contributed by atoms with Gasteiger partial charge in [0.05, 0.1) is 13.5 Å². The van der Waals surface area contributed by atoms with Gasteiger partial charge in [-0.15, -0.1) is 0 Å². The Bertz CT molecular complexity index is 662. The molecule has 0 heterocycles. The zero-order chi connectivity index (χ0) is 17.4. The summed E-state index contributed by atoms with van der Waals surface area (Å²) in [4.78, 5) is 14.7. The molecule has 128 valence electrons. The number of hydrogen-bond acceptors (Lipinski definition) is 3. The number of ether oxygens (including phenoxy) is 1. The van der Waals surface area contributed by atoms with Gasteiger partial charge in [0.2, 0.25) is 5.91 Å². The third-order valence-electron chi connectivity index (χ3n) is 3.79. The Hall–Kier alpha value is -1.85. The molecular formula is C19H23BrN2O2. The summed E-state index contributed by atoms with van der Waals surface area (Å²) in [5.74, 6) is 0.800. The van der Waals surface area contributed by atoms with Gasteiger partial charge in [-0.1, -0.05) is 46.3 Å². The van der Waals surface area contributed by atoms with Crippen LogP contribution in [-0.4, -0.2) is 31.0 Å². The van der Waals surface area contributed by atoms with Crippen molar-refractivity contribution in [3.05, 3.63) is 64.1 Å². The van der Waals surface area contributed by atoms with Crippen LogP contribution in [0.15, 0.2) is 53.0 Å². The molecule has 2 aromatic rings. The zero-order valence-electron chi connectivity index (χ0n) is 13.9. The molecule has 0 aliphatic heterocycles. The van der Waals surface area contributed by atoms with E-state index in [4.69, 9.17) is 10.5 Å². The first-order chi connectivity index (χ1) is 11.6. The second-order valence-corrected chi connectivity index (χ2v) is 6.49. The van der Waals surface area contributed by atoms with E-state index in [1.54, 1.807) is 7.11 Å². The molecule has 0 spiro atoms. The number of halogens is 1. The number of benzene rings is 2. The van der Waals surface area contributed by atoms with Gasteiger partial charge >= 0.3 is 0 Å². The Balaban J connectivity index is 2.14. The summed E-state index contributed by atoms with van der Waals surface area (Å²) < 4.78 is 6.30. The van der Waals surface area contributed by atoms with E-state index in [0.717, 1.165) is 27.8 Å². The van der Waals surface area contributed by atoms with Crippen molar-refractivity contribution < 1.29 is 9.53 Å². The van der Waals surface area contributed by atoms with Gasteiger partial charge in [-0.2, -0.15) is 0 Å². The highest BCUT2D eigenvalue weighted by Gasteiger charge is 2.16. The minimum Gasteiger partial charge on any atom is -0.496 e. The predicted molar refractivity (Wildman–Crippen MR) is 99.9 cm³/mol. The van der Waals surface area contributed by atoms with Gasteiger partial charge in [0.1, 0.15) is 5.75 Å². The first-order valence-electron chi connectivity index (χ1n) is 7.98. The summed E-state index contributed by atoms with van der Waals surface area (Å²) in [6, 6.07) is 15.7. The van der Waals surface area contributed by atoms with Crippen molar-refractivity contribution in [1.29, 1.82) is 0 Å². The highest BCUT2D eigenvalue weighted by atomic mass is 79.9. The number of amides is 1. The van der Waals surface area contributed by atoms with E-state index in [9.17, 15) is 4.79 Å². The molecule has 2 N–H and O–H groups in total. The lowest BCUT2D eigenvalue weighted by Crippen LogP contribution is -2.33. The number of carbonyl (C=O) groups is 1. The number of rotatable bonds is 8. The summed E-state index contributed by atoms with van der Waals surface area (Å²) in [6.45, 7) is 1.81. The maximum atomic E-state index is 12.8. The van der Waals surface area contributed by atoms with Gasteiger partial charge < -0.3 is 15.4 Å². The van der Waals surface area contributed by atoms with E-state index < -0.39 is 0 Å². The van der Waals surface area contributed by atoms with Crippen LogP contribution in [0.25, 0.3) is 0 Å². The Morgan fingerprint density at radius 3 is 2.62 bits per heavy atom. The highest BCUT2D eigenvalue weighted by molar-refractivity contribution is 9.10. The molecule has 0 aliphatic carbocycles. The molecule has 24 heavy (non-hydrogen) atoms. The molecule has 0 atom stereocenters. The van der Waals surface area contributed by atoms with E-state index in [0.29, 0.717) is 26.1 Å². The summed E-state index contributed by atoms with van der Waals surface area (Å²) in [5.41, 5.74) is 7.62. The maximum Gasteiger partial charge on any atom is 0.227 e. The van der Waals surface area contributed by atoms with E-state index in [1.165, 1.54) is 0 Å². The fourth-order valence-corrected chi connectivity index (χ4v) is 2.95.